The number of rotatable bonds is 6. The second-order valence-electron chi connectivity index (χ2n) is 8.61. The van der Waals surface area contributed by atoms with Crippen LogP contribution in [0.4, 0.5) is 17.1 Å². The summed E-state index contributed by atoms with van der Waals surface area (Å²) in [6.07, 6.45) is 3.32. The zero-order chi connectivity index (χ0) is 24.0. The van der Waals surface area contributed by atoms with E-state index in [9.17, 15) is 14.4 Å². The molecule has 2 saturated heterocycles. The summed E-state index contributed by atoms with van der Waals surface area (Å²) in [5.41, 5.74) is 1.03. The first kappa shape index (κ1) is 22.0. The van der Waals surface area contributed by atoms with Gasteiger partial charge in [0.05, 0.1) is 38.7 Å². The second kappa shape index (κ2) is 8.18. The van der Waals surface area contributed by atoms with Crippen molar-refractivity contribution in [3.05, 3.63) is 54.6 Å². The largest absolute Gasteiger partial charge is 0.493 e. The Bertz CT molecular complexity index is 1190. The van der Waals surface area contributed by atoms with Crippen LogP contribution in [0.3, 0.4) is 0 Å². The van der Waals surface area contributed by atoms with Crippen molar-refractivity contribution in [1.82, 2.24) is 0 Å². The van der Waals surface area contributed by atoms with Gasteiger partial charge in [0.2, 0.25) is 17.7 Å². The van der Waals surface area contributed by atoms with Crippen molar-refractivity contribution in [2.45, 2.75) is 18.6 Å². The second-order valence-corrected chi connectivity index (χ2v) is 8.61. The van der Waals surface area contributed by atoms with Crippen molar-refractivity contribution in [3.8, 4) is 11.5 Å². The molecule has 3 heterocycles. The number of methoxy groups -OCH3 is 2. The minimum absolute atomic E-state index is 0.161. The fourth-order valence-corrected chi connectivity index (χ4v) is 5.08. The van der Waals surface area contributed by atoms with Crippen LogP contribution in [0, 0.1) is 11.8 Å². The van der Waals surface area contributed by atoms with Crippen LogP contribution in [0.15, 0.2) is 54.6 Å². The van der Waals surface area contributed by atoms with E-state index in [0.29, 0.717) is 35.1 Å². The highest BCUT2D eigenvalue weighted by molar-refractivity contribution is 6.05. The molecule has 2 fully saturated rings. The van der Waals surface area contributed by atoms with Crippen LogP contribution in [0.2, 0.25) is 0 Å². The third kappa shape index (κ3) is 3.49. The van der Waals surface area contributed by atoms with Gasteiger partial charge in [-0.1, -0.05) is 12.2 Å². The zero-order valence-corrected chi connectivity index (χ0v) is 19.0. The first-order valence-electron chi connectivity index (χ1n) is 10.9. The van der Waals surface area contributed by atoms with Crippen LogP contribution in [-0.2, 0) is 19.1 Å². The van der Waals surface area contributed by atoms with Gasteiger partial charge in [-0.15, -0.1) is 0 Å². The van der Waals surface area contributed by atoms with Crippen LogP contribution in [-0.4, -0.2) is 50.2 Å². The monoisotopic (exact) mass is 463 g/mol. The molecule has 2 bridgehead atoms. The number of nitrogens with zero attached hydrogens (tertiary/aromatic N) is 1. The van der Waals surface area contributed by atoms with Crippen molar-refractivity contribution >= 4 is 34.8 Å². The molecule has 0 aliphatic carbocycles. The lowest BCUT2D eigenvalue weighted by atomic mass is 9.77. The van der Waals surface area contributed by atoms with E-state index in [0.717, 1.165) is 0 Å². The molecule has 2 N–H and O–H groups in total. The molecule has 176 valence electrons. The lowest BCUT2D eigenvalue weighted by Crippen LogP contribution is -2.41. The molecule has 2 aromatic carbocycles. The van der Waals surface area contributed by atoms with Crippen molar-refractivity contribution < 1.29 is 28.6 Å². The molecule has 0 saturated carbocycles. The van der Waals surface area contributed by atoms with Crippen LogP contribution in [0.1, 0.15) is 6.92 Å². The van der Waals surface area contributed by atoms with Gasteiger partial charge in [-0.25, -0.2) is 0 Å². The van der Waals surface area contributed by atoms with E-state index < -0.39 is 23.5 Å². The Hall–Kier alpha value is -3.85. The van der Waals surface area contributed by atoms with Crippen LogP contribution >= 0.6 is 0 Å². The Morgan fingerprint density at radius 1 is 1.03 bits per heavy atom. The van der Waals surface area contributed by atoms with Crippen LogP contribution < -0.4 is 25.0 Å². The first-order chi connectivity index (χ1) is 16.3. The highest BCUT2D eigenvalue weighted by atomic mass is 16.5. The highest BCUT2D eigenvalue weighted by Gasteiger charge is 2.67. The molecular weight excluding hydrogens is 438 g/mol. The number of amides is 3. The molecule has 3 aliphatic heterocycles. The normalized spacial score (nSPS) is 26.4. The predicted molar refractivity (Wildman–Crippen MR) is 125 cm³/mol. The fraction of sp³-hybridized carbons (Fsp3) is 0.320. The summed E-state index contributed by atoms with van der Waals surface area (Å²) in [4.78, 5) is 39.8. The zero-order valence-electron chi connectivity index (χ0n) is 19.0. The number of hydrogen-bond donors (Lipinski definition) is 2. The molecule has 5 rings (SSSR count). The maximum atomic E-state index is 13.5. The first-order valence-corrected chi connectivity index (χ1v) is 10.9. The smallest absolute Gasteiger partial charge is 0.234 e. The molecule has 3 unspecified atom stereocenters. The predicted octanol–water partition coefficient (Wildman–Crippen LogP) is 2.59. The fourth-order valence-electron chi connectivity index (χ4n) is 5.08. The number of fused-ring (bicyclic) bond motifs is 1. The quantitative estimate of drug-likeness (QED) is 0.638. The van der Waals surface area contributed by atoms with Crippen molar-refractivity contribution in [3.63, 3.8) is 0 Å². The van der Waals surface area contributed by atoms with E-state index in [1.807, 2.05) is 12.2 Å². The number of benzene rings is 2. The van der Waals surface area contributed by atoms with Crippen LogP contribution in [0.25, 0.3) is 0 Å². The lowest BCUT2D eigenvalue weighted by molar-refractivity contribution is -0.128. The molecular formula is C25H25N3O6. The maximum absolute atomic E-state index is 13.5. The SMILES string of the molecule is COc1ccc(NC(=O)C2C3C(=O)N(c4ccc(NC(C)=O)cc4)CC34C=C[C@H]2O4)cc1OC. The van der Waals surface area contributed by atoms with Crippen molar-refractivity contribution in [2.24, 2.45) is 11.8 Å². The summed E-state index contributed by atoms with van der Waals surface area (Å²) in [7, 11) is 3.07. The summed E-state index contributed by atoms with van der Waals surface area (Å²) in [5.74, 6) is -0.857. The van der Waals surface area contributed by atoms with E-state index in [4.69, 9.17) is 14.2 Å². The minimum Gasteiger partial charge on any atom is -0.493 e. The summed E-state index contributed by atoms with van der Waals surface area (Å²) < 4.78 is 16.8. The van der Waals surface area contributed by atoms with E-state index >= 15 is 0 Å². The van der Waals surface area contributed by atoms with Crippen molar-refractivity contribution in [1.29, 1.82) is 0 Å². The van der Waals surface area contributed by atoms with Gasteiger partial charge in [0.25, 0.3) is 0 Å². The van der Waals surface area contributed by atoms with Gasteiger partial charge in [0.1, 0.15) is 5.60 Å². The highest BCUT2D eigenvalue weighted by Crippen LogP contribution is 2.53. The number of nitrogens with one attached hydrogen (secondary N) is 2. The van der Waals surface area contributed by atoms with Gasteiger partial charge < -0.3 is 29.7 Å². The Labute approximate surface area is 196 Å². The van der Waals surface area contributed by atoms with Gasteiger partial charge >= 0.3 is 0 Å². The van der Waals surface area contributed by atoms with E-state index in [2.05, 4.69) is 10.6 Å². The molecule has 0 aromatic heterocycles. The number of anilines is 3. The van der Waals surface area contributed by atoms with Crippen LogP contribution in [0.5, 0.6) is 11.5 Å². The average molecular weight is 463 g/mol. The summed E-state index contributed by atoms with van der Waals surface area (Å²) >= 11 is 0. The van der Waals surface area contributed by atoms with Gasteiger partial charge in [-0.3, -0.25) is 14.4 Å². The Morgan fingerprint density at radius 2 is 1.74 bits per heavy atom. The van der Waals surface area contributed by atoms with Gasteiger partial charge in [-0.2, -0.15) is 0 Å². The molecule has 1 spiro atoms. The Kier molecular flexibility index (Phi) is 5.28. The van der Waals surface area contributed by atoms with Gasteiger partial charge in [-0.05, 0) is 36.4 Å². The Balaban J connectivity index is 1.37. The van der Waals surface area contributed by atoms with Gasteiger partial charge in [0, 0.05) is 30.1 Å². The molecule has 9 nitrogen and oxygen atoms in total. The Morgan fingerprint density at radius 3 is 2.41 bits per heavy atom. The molecule has 34 heavy (non-hydrogen) atoms. The third-order valence-electron chi connectivity index (χ3n) is 6.55. The molecule has 4 atom stereocenters. The number of ether oxygens (including phenoxy) is 3. The van der Waals surface area contributed by atoms with Gasteiger partial charge in [0.15, 0.2) is 11.5 Å². The lowest BCUT2D eigenvalue weighted by Gasteiger charge is -2.23. The molecule has 3 aliphatic rings. The third-order valence-corrected chi connectivity index (χ3v) is 6.55. The standard InChI is InChI=1S/C25H25N3O6/c1-14(29)26-15-4-7-17(8-5-15)28-13-25-11-10-19(34-25)21(22(25)24(28)31)23(30)27-16-6-9-18(32-2)20(12-16)33-3/h4-12,19,21-22H,13H2,1-3H3,(H,26,29)(H,27,30)/t19-,21?,22?,25?/m1/s1. The molecule has 9 heteroatoms. The summed E-state index contributed by atoms with van der Waals surface area (Å²) in [6, 6.07) is 12.1. The number of carbonyl (C=O) groups excluding carboxylic acids is 3. The van der Waals surface area contributed by atoms with E-state index in [1.165, 1.54) is 14.0 Å². The minimum atomic E-state index is -0.836. The molecule has 3 amide bonds. The summed E-state index contributed by atoms with van der Waals surface area (Å²) in [5, 5.41) is 5.62. The average Bonchev–Trinajstić information content (AvgIpc) is 3.47. The summed E-state index contributed by atoms with van der Waals surface area (Å²) in [6.45, 7) is 1.76. The van der Waals surface area contributed by atoms with Crippen molar-refractivity contribution in [2.75, 3.05) is 36.3 Å². The van der Waals surface area contributed by atoms with E-state index in [1.54, 1.807) is 54.5 Å². The number of hydrogen-bond acceptors (Lipinski definition) is 6. The maximum Gasteiger partial charge on any atom is 0.234 e. The topological polar surface area (TPSA) is 106 Å². The molecule has 2 aromatic rings. The number of carbonyl (C=O) groups is 3. The van der Waals surface area contributed by atoms with E-state index in [-0.39, 0.29) is 17.7 Å². The molecule has 0 radical (unpaired) electrons.